The van der Waals surface area contributed by atoms with E-state index in [1.165, 1.54) is 29.2 Å². The normalized spacial score (nSPS) is 15.4. The Balaban J connectivity index is 1.46. The minimum atomic E-state index is -3.66. The molecule has 1 aromatic heterocycles. The second-order valence-corrected chi connectivity index (χ2v) is 9.29. The van der Waals surface area contributed by atoms with Gasteiger partial charge in [-0.2, -0.15) is 0 Å². The minimum Gasteiger partial charge on any atom is -0.361 e. The number of nitrogens with one attached hydrogen (secondary N) is 2. The second-order valence-electron chi connectivity index (χ2n) is 7.52. The van der Waals surface area contributed by atoms with Crippen molar-refractivity contribution in [2.24, 2.45) is 0 Å². The molecule has 0 atom stereocenters. The minimum absolute atomic E-state index is 0.0869. The number of carbonyl (C=O) groups is 1. The van der Waals surface area contributed by atoms with Crippen molar-refractivity contribution >= 4 is 26.8 Å². The van der Waals surface area contributed by atoms with Gasteiger partial charge in [-0.3, -0.25) is 4.79 Å². The topological polar surface area (TPSA) is 82.3 Å². The Morgan fingerprint density at radius 3 is 2.70 bits per heavy atom. The van der Waals surface area contributed by atoms with Crippen molar-refractivity contribution in [1.29, 1.82) is 0 Å². The smallest absolute Gasteiger partial charge is 0.253 e. The van der Waals surface area contributed by atoms with Gasteiger partial charge in [-0.1, -0.05) is 30.3 Å². The highest BCUT2D eigenvalue weighted by Crippen LogP contribution is 2.33. The lowest BCUT2D eigenvalue weighted by atomic mass is 9.89. The third-order valence-electron chi connectivity index (χ3n) is 5.65. The third-order valence-corrected chi connectivity index (χ3v) is 7.07. The van der Waals surface area contributed by atoms with Gasteiger partial charge in [0, 0.05) is 42.3 Å². The Hall–Kier alpha value is -2.90. The molecule has 1 aliphatic rings. The van der Waals surface area contributed by atoms with Crippen LogP contribution in [0.1, 0.15) is 34.7 Å². The number of piperidine rings is 1. The van der Waals surface area contributed by atoms with Crippen molar-refractivity contribution in [3.05, 3.63) is 78.5 Å². The predicted octanol–water partition coefficient (Wildman–Crippen LogP) is 3.65. The number of carbonyl (C=O) groups excluding carboxylic acids is 1. The molecule has 30 heavy (non-hydrogen) atoms. The van der Waals surface area contributed by atoms with Crippen molar-refractivity contribution in [3.63, 3.8) is 0 Å². The molecule has 2 N–H and O–H groups in total. The molecule has 2 aromatic carbocycles. The van der Waals surface area contributed by atoms with Crippen molar-refractivity contribution in [1.82, 2.24) is 14.6 Å². The number of fused-ring (bicyclic) bond motifs is 1. The highest BCUT2D eigenvalue weighted by Gasteiger charge is 2.26. The molecule has 7 heteroatoms. The van der Waals surface area contributed by atoms with E-state index < -0.39 is 10.0 Å². The summed E-state index contributed by atoms with van der Waals surface area (Å²) in [7, 11) is -3.66. The zero-order chi connectivity index (χ0) is 21.1. The summed E-state index contributed by atoms with van der Waals surface area (Å²) in [6.45, 7) is 4.95. The fourth-order valence-electron chi connectivity index (χ4n) is 4.06. The van der Waals surface area contributed by atoms with Crippen LogP contribution in [0.3, 0.4) is 0 Å². The van der Waals surface area contributed by atoms with Gasteiger partial charge in [0.1, 0.15) is 0 Å². The van der Waals surface area contributed by atoms with Crippen LogP contribution < -0.4 is 4.72 Å². The highest BCUT2D eigenvalue weighted by atomic mass is 32.2. The van der Waals surface area contributed by atoms with Gasteiger partial charge in [0.2, 0.25) is 10.0 Å². The molecular weight excluding hydrogens is 398 g/mol. The molecule has 0 spiro atoms. The predicted molar refractivity (Wildman–Crippen MR) is 118 cm³/mol. The first-order chi connectivity index (χ1) is 14.5. The molecule has 6 nitrogen and oxygen atoms in total. The first kappa shape index (κ1) is 20.4. The van der Waals surface area contributed by atoms with Gasteiger partial charge in [0.15, 0.2) is 0 Å². The third kappa shape index (κ3) is 4.04. The number of sulfonamides is 1. The molecule has 0 bridgehead atoms. The summed E-state index contributed by atoms with van der Waals surface area (Å²) >= 11 is 0. The summed E-state index contributed by atoms with van der Waals surface area (Å²) in [5.41, 5.74) is 2.83. The molecule has 1 aliphatic heterocycles. The summed E-state index contributed by atoms with van der Waals surface area (Å²) in [5.74, 6) is 0.271. The van der Waals surface area contributed by atoms with E-state index in [2.05, 4.69) is 34.6 Å². The Bertz CT molecular complexity index is 1180. The number of aromatic nitrogens is 1. The SMILES string of the molecule is C=CCNS(=O)(=O)c1cccc(C(=O)N2CCC(c3c[nH]c4ccccc34)CC2)c1. The van der Waals surface area contributed by atoms with Crippen LogP contribution in [-0.2, 0) is 10.0 Å². The van der Waals surface area contributed by atoms with Crippen LogP contribution in [0.25, 0.3) is 10.9 Å². The number of amides is 1. The van der Waals surface area contributed by atoms with Gasteiger partial charge in [0.25, 0.3) is 5.91 Å². The summed E-state index contributed by atoms with van der Waals surface area (Å²) in [4.78, 5) is 18.2. The van der Waals surface area contributed by atoms with Crippen LogP contribution in [0, 0.1) is 0 Å². The van der Waals surface area contributed by atoms with Crippen LogP contribution in [0.4, 0.5) is 0 Å². The molecular formula is C23H25N3O3S. The maximum Gasteiger partial charge on any atom is 0.253 e. The van der Waals surface area contributed by atoms with Crippen molar-refractivity contribution in [2.75, 3.05) is 19.6 Å². The van der Waals surface area contributed by atoms with Gasteiger partial charge in [-0.05, 0) is 48.6 Å². The van der Waals surface area contributed by atoms with Gasteiger partial charge >= 0.3 is 0 Å². The van der Waals surface area contributed by atoms with Crippen LogP contribution in [0.5, 0.6) is 0 Å². The zero-order valence-electron chi connectivity index (χ0n) is 16.7. The van der Waals surface area contributed by atoms with Crippen LogP contribution in [0.2, 0.25) is 0 Å². The largest absolute Gasteiger partial charge is 0.361 e. The van der Waals surface area contributed by atoms with Crippen LogP contribution in [0.15, 0.2) is 72.3 Å². The Morgan fingerprint density at radius 1 is 1.17 bits per heavy atom. The Labute approximate surface area is 176 Å². The number of para-hydroxylation sites is 1. The molecule has 1 fully saturated rings. The van der Waals surface area contributed by atoms with Crippen LogP contribution >= 0.6 is 0 Å². The average Bonchev–Trinajstić information content (AvgIpc) is 3.22. The second kappa shape index (κ2) is 8.45. The molecule has 156 valence electrons. The number of hydrogen-bond acceptors (Lipinski definition) is 3. The van der Waals surface area contributed by atoms with E-state index in [4.69, 9.17) is 0 Å². The Morgan fingerprint density at radius 2 is 1.93 bits per heavy atom. The lowest BCUT2D eigenvalue weighted by Crippen LogP contribution is -2.38. The summed E-state index contributed by atoms with van der Waals surface area (Å²) in [6, 6.07) is 14.5. The van der Waals surface area contributed by atoms with E-state index in [0.717, 1.165) is 18.4 Å². The summed E-state index contributed by atoms with van der Waals surface area (Å²) < 4.78 is 27.1. The summed E-state index contributed by atoms with van der Waals surface area (Å²) in [6.07, 6.45) is 5.32. The number of nitrogens with zero attached hydrogens (tertiary/aromatic N) is 1. The quantitative estimate of drug-likeness (QED) is 0.594. The van der Waals surface area contributed by atoms with E-state index in [0.29, 0.717) is 24.6 Å². The van der Waals surface area contributed by atoms with Crippen molar-refractivity contribution in [2.45, 2.75) is 23.7 Å². The monoisotopic (exact) mass is 423 g/mol. The molecule has 0 aliphatic carbocycles. The fourth-order valence-corrected chi connectivity index (χ4v) is 5.10. The Kier molecular flexibility index (Phi) is 5.74. The van der Waals surface area contributed by atoms with Gasteiger partial charge in [-0.15, -0.1) is 6.58 Å². The van der Waals surface area contributed by atoms with E-state index >= 15 is 0 Å². The standard InChI is InChI=1S/C23H25N3O3S/c1-2-12-25-30(28,29)19-7-5-6-18(15-19)23(27)26-13-10-17(11-14-26)21-16-24-22-9-4-3-8-20(21)22/h2-9,15-17,24-25H,1,10-14H2. The molecule has 4 rings (SSSR count). The number of benzene rings is 2. The molecule has 1 amide bonds. The molecule has 2 heterocycles. The average molecular weight is 424 g/mol. The fraction of sp³-hybridized carbons (Fsp3) is 0.261. The highest BCUT2D eigenvalue weighted by molar-refractivity contribution is 7.89. The number of aromatic amines is 1. The number of rotatable bonds is 6. The van der Waals surface area contributed by atoms with Gasteiger partial charge in [0.05, 0.1) is 4.90 Å². The van der Waals surface area contributed by atoms with E-state index in [1.807, 2.05) is 17.0 Å². The maximum atomic E-state index is 13.0. The van der Waals surface area contributed by atoms with E-state index in [-0.39, 0.29) is 17.3 Å². The zero-order valence-corrected chi connectivity index (χ0v) is 17.5. The van der Waals surface area contributed by atoms with E-state index in [1.54, 1.807) is 12.1 Å². The molecule has 0 saturated carbocycles. The number of H-pyrrole nitrogens is 1. The molecule has 0 unspecified atom stereocenters. The lowest BCUT2D eigenvalue weighted by Gasteiger charge is -2.32. The number of hydrogen-bond donors (Lipinski definition) is 2. The van der Waals surface area contributed by atoms with Gasteiger partial charge in [-0.25, -0.2) is 13.1 Å². The first-order valence-electron chi connectivity index (χ1n) is 10.1. The molecule has 0 radical (unpaired) electrons. The van der Waals surface area contributed by atoms with Crippen molar-refractivity contribution in [3.8, 4) is 0 Å². The van der Waals surface area contributed by atoms with Crippen molar-refractivity contribution < 1.29 is 13.2 Å². The lowest BCUT2D eigenvalue weighted by molar-refractivity contribution is 0.0713. The van der Waals surface area contributed by atoms with Crippen LogP contribution in [-0.4, -0.2) is 43.8 Å². The van der Waals surface area contributed by atoms with Gasteiger partial charge < -0.3 is 9.88 Å². The molecule has 3 aromatic rings. The first-order valence-corrected chi connectivity index (χ1v) is 11.5. The van der Waals surface area contributed by atoms with E-state index in [9.17, 15) is 13.2 Å². The summed E-state index contributed by atoms with van der Waals surface area (Å²) in [5, 5.41) is 1.24. The number of likely N-dealkylation sites (tertiary alicyclic amines) is 1. The maximum absolute atomic E-state index is 13.0. The molecule has 1 saturated heterocycles.